The number of halogens is 2. The Labute approximate surface area is 197 Å². The molecule has 0 saturated carbocycles. The molecule has 1 aliphatic rings. The zero-order valence-corrected chi connectivity index (χ0v) is 19.8. The van der Waals surface area contributed by atoms with Crippen molar-refractivity contribution >= 4 is 56.4 Å². The van der Waals surface area contributed by atoms with Gasteiger partial charge >= 0.3 is 0 Å². The Bertz CT molecular complexity index is 1210. The van der Waals surface area contributed by atoms with Gasteiger partial charge < -0.3 is 10.2 Å². The highest BCUT2D eigenvalue weighted by Crippen LogP contribution is 2.28. The summed E-state index contributed by atoms with van der Waals surface area (Å²) in [6.07, 6.45) is 3.60. The first kappa shape index (κ1) is 22.6. The zero-order valence-electron chi connectivity index (χ0n) is 17.5. The van der Waals surface area contributed by atoms with Crippen molar-refractivity contribution in [2.75, 3.05) is 28.0 Å². The van der Waals surface area contributed by atoms with Crippen molar-refractivity contribution in [3.63, 3.8) is 0 Å². The predicted molar refractivity (Wildman–Crippen MR) is 130 cm³/mol. The minimum atomic E-state index is -3.88. The van der Waals surface area contributed by atoms with Gasteiger partial charge in [-0.3, -0.25) is 4.72 Å². The van der Waals surface area contributed by atoms with E-state index in [1.54, 1.807) is 24.3 Å². The van der Waals surface area contributed by atoms with Crippen LogP contribution in [0.3, 0.4) is 0 Å². The number of aryl methyl sites for hydroxylation is 1. The second-order valence-electron chi connectivity index (χ2n) is 7.62. The van der Waals surface area contributed by atoms with Gasteiger partial charge in [0.15, 0.2) is 0 Å². The van der Waals surface area contributed by atoms with Gasteiger partial charge in [0.1, 0.15) is 10.7 Å². The first-order chi connectivity index (χ1) is 15.3. The molecule has 0 amide bonds. The third-order valence-corrected chi connectivity index (χ3v) is 7.19. The lowest BCUT2D eigenvalue weighted by Crippen LogP contribution is -2.30. The molecule has 1 fully saturated rings. The number of sulfonamides is 1. The number of nitrogens with zero attached hydrogens (tertiary/aromatic N) is 3. The summed E-state index contributed by atoms with van der Waals surface area (Å²) in [5.41, 5.74) is 2.01. The molecular weight excluding hydrogens is 469 g/mol. The lowest BCUT2D eigenvalue weighted by atomic mass is 10.1. The molecule has 0 radical (unpaired) electrons. The van der Waals surface area contributed by atoms with E-state index < -0.39 is 10.0 Å². The fraction of sp³-hybridized carbons (Fsp3) is 0.273. The Hall–Kier alpha value is -2.55. The predicted octanol–water partition coefficient (Wildman–Crippen LogP) is 5.63. The van der Waals surface area contributed by atoms with Gasteiger partial charge in [-0.2, -0.15) is 4.98 Å². The highest BCUT2D eigenvalue weighted by molar-refractivity contribution is 7.92. The van der Waals surface area contributed by atoms with Crippen LogP contribution < -0.4 is 14.9 Å². The maximum atomic E-state index is 12.7. The first-order valence-electron chi connectivity index (χ1n) is 10.3. The molecule has 2 aromatic carbocycles. The van der Waals surface area contributed by atoms with E-state index in [0.29, 0.717) is 11.6 Å². The monoisotopic (exact) mass is 491 g/mol. The molecule has 10 heteroatoms. The molecule has 2 heterocycles. The Morgan fingerprint density at radius 1 is 0.906 bits per heavy atom. The Balaban J connectivity index is 1.48. The van der Waals surface area contributed by atoms with Crippen LogP contribution in [-0.2, 0) is 10.0 Å². The summed E-state index contributed by atoms with van der Waals surface area (Å²) in [6.45, 7) is 3.95. The standard InChI is InChI=1S/C22H23Cl2N5O2S/c1-15-13-21(29-11-3-2-4-12-29)27-22(25-15)26-17-6-8-18(9-7-17)28-32(30,31)20-14-16(23)5-10-19(20)24/h5-10,13-14,28H,2-4,11-12H2,1H3,(H,25,26,27). The fourth-order valence-electron chi connectivity index (χ4n) is 3.54. The minimum absolute atomic E-state index is 0.0766. The average molecular weight is 492 g/mol. The molecule has 1 saturated heterocycles. The van der Waals surface area contributed by atoms with Gasteiger partial charge in [0, 0.05) is 41.2 Å². The van der Waals surface area contributed by atoms with Gasteiger partial charge in [0.2, 0.25) is 5.95 Å². The van der Waals surface area contributed by atoms with E-state index in [4.69, 9.17) is 23.2 Å². The first-order valence-corrected chi connectivity index (χ1v) is 12.5. The normalized spacial score (nSPS) is 14.3. The van der Waals surface area contributed by atoms with Crippen molar-refractivity contribution in [2.45, 2.75) is 31.1 Å². The third kappa shape index (κ3) is 5.43. The molecule has 0 bridgehead atoms. The maximum absolute atomic E-state index is 12.7. The summed E-state index contributed by atoms with van der Waals surface area (Å²) in [6, 6.07) is 13.1. The Morgan fingerprint density at radius 3 is 2.31 bits per heavy atom. The second kappa shape index (κ2) is 9.52. The van der Waals surface area contributed by atoms with Crippen LogP contribution in [0.5, 0.6) is 0 Å². The van der Waals surface area contributed by atoms with Gasteiger partial charge in [-0.1, -0.05) is 23.2 Å². The van der Waals surface area contributed by atoms with Crippen molar-refractivity contribution in [1.82, 2.24) is 9.97 Å². The van der Waals surface area contributed by atoms with Crippen LogP contribution in [0.15, 0.2) is 53.4 Å². The van der Waals surface area contributed by atoms with Crippen LogP contribution in [-0.4, -0.2) is 31.5 Å². The molecule has 4 rings (SSSR count). The Morgan fingerprint density at radius 2 is 1.59 bits per heavy atom. The average Bonchev–Trinajstić information content (AvgIpc) is 2.77. The number of aromatic nitrogens is 2. The SMILES string of the molecule is Cc1cc(N2CCCCC2)nc(Nc2ccc(NS(=O)(=O)c3cc(Cl)ccc3Cl)cc2)n1. The molecule has 0 spiro atoms. The molecule has 0 atom stereocenters. The third-order valence-electron chi connectivity index (χ3n) is 5.10. The largest absolute Gasteiger partial charge is 0.356 e. The highest BCUT2D eigenvalue weighted by Gasteiger charge is 2.19. The minimum Gasteiger partial charge on any atom is -0.356 e. The second-order valence-corrected chi connectivity index (χ2v) is 10.1. The molecule has 3 aromatic rings. The smallest absolute Gasteiger partial charge is 0.263 e. The Kier molecular flexibility index (Phi) is 6.74. The van der Waals surface area contributed by atoms with Crippen molar-refractivity contribution in [3.8, 4) is 0 Å². The number of hydrogen-bond acceptors (Lipinski definition) is 6. The summed E-state index contributed by atoms with van der Waals surface area (Å²) < 4.78 is 27.9. The summed E-state index contributed by atoms with van der Waals surface area (Å²) in [5, 5.41) is 3.58. The molecule has 7 nitrogen and oxygen atoms in total. The number of anilines is 4. The van der Waals surface area contributed by atoms with E-state index in [1.165, 1.54) is 37.5 Å². The van der Waals surface area contributed by atoms with Crippen LogP contribution in [0.4, 0.5) is 23.1 Å². The zero-order chi connectivity index (χ0) is 22.7. The molecule has 1 aliphatic heterocycles. The number of nitrogens with one attached hydrogen (secondary N) is 2. The van der Waals surface area contributed by atoms with Crippen molar-refractivity contribution < 1.29 is 8.42 Å². The molecule has 0 aliphatic carbocycles. The number of benzene rings is 2. The van der Waals surface area contributed by atoms with E-state index in [9.17, 15) is 8.42 Å². The van der Waals surface area contributed by atoms with Gasteiger partial charge in [-0.25, -0.2) is 13.4 Å². The molecule has 2 N–H and O–H groups in total. The highest BCUT2D eigenvalue weighted by atomic mass is 35.5. The number of piperidine rings is 1. The molecular formula is C22H23Cl2N5O2S. The number of hydrogen-bond donors (Lipinski definition) is 2. The van der Waals surface area contributed by atoms with Gasteiger partial charge in [0.05, 0.1) is 5.02 Å². The van der Waals surface area contributed by atoms with E-state index in [0.717, 1.165) is 30.3 Å². The van der Waals surface area contributed by atoms with Gasteiger partial charge in [-0.15, -0.1) is 0 Å². The quantitative estimate of drug-likeness (QED) is 0.464. The van der Waals surface area contributed by atoms with Crippen LogP contribution >= 0.6 is 23.2 Å². The van der Waals surface area contributed by atoms with Crippen molar-refractivity contribution in [2.24, 2.45) is 0 Å². The van der Waals surface area contributed by atoms with Crippen LogP contribution in [0.25, 0.3) is 0 Å². The van der Waals surface area contributed by atoms with Crippen molar-refractivity contribution in [3.05, 3.63) is 64.3 Å². The molecule has 168 valence electrons. The van der Waals surface area contributed by atoms with E-state index >= 15 is 0 Å². The van der Waals surface area contributed by atoms with E-state index in [-0.39, 0.29) is 14.9 Å². The van der Waals surface area contributed by atoms with Gasteiger partial charge in [0.25, 0.3) is 10.0 Å². The number of rotatable bonds is 6. The van der Waals surface area contributed by atoms with Crippen LogP contribution in [0, 0.1) is 6.92 Å². The topological polar surface area (TPSA) is 87.2 Å². The van der Waals surface area contributed by atoms with Crippen molar-refractivity contribution in [1.29, 1.82) is 0 Å². The lowest BCUT2D eigenvalue weighted by Gasteiger charge is -2.28. The summed E-state index contributed by atoms with van der Waals surface area (Å²) in [5.74, 6) is 1.42. The molecule has 32 heavy (non-hydrogen) atoms. The van der Waals surface area contributed by atoms with Gasteiger partial charge in [-0.05, 0) is 68.7 Å². The summed E-state index contributed by atoms with van der Waals surface area (Å²) in [7, 11) is -3.88. The maximum Gasteiger partial charge on any atom is 0.263 e. The van der Waals surface area contributed by atoms with E-state index in [1.807, 2.05) is 13.0 Å². The fourth-order valence-corrected chi connectivity index (χ4v) is 5.36. The van der Waals surface area contributed by atoms with Crippen LogP contribution in [0.1, 0.15) is 25.0 Å². The summed E-state index contributed by atoms with van der Waals surface area (Å²) in [4.78, 5) is 11.3. The summed E-state index contributed by atoms with van der Waals surface area (Å²) >= 11 is 12.0. The lowest BCUT2D eigenvalue weighted by molar-refractivity contribution is 0.573. The molecule has 1 aromatic heterocycles. The molecule has 0 unspecified atom stereocenters. The van der Waals surface area contributed by atoms with E-state index in [2.05, 4.69) is 24.9 Å². The van der Waals surface area contributed by atoms with Crippen LogP contribution in [0.2, 0.25) is 10.0 Å².